The molecule has 4 rings (SSSR count). The van der Waals surface area contributed by atoms with Gasteiger partial charge < -0.3 is 4.74 Å². The second-order valence-corrected chi connectivity index (χ2v) is 8.80. The van der Waals surface area contributed by atoms with Gasteiger partial charge in [0, 0.05) is 30.3 Å². The molecule has 3 heteroatoms. The van der Waals surface area contributed by atoms with Crippen LogP contribution in [0.5, 0.6) is 0 Å². The van der Waals surface area contributed by atoms with Crippen molar-refractivity contribution in [1.29, 1.82) is 0 Å². The number of hydrogen-bond donors (Lipinski definition) is 0. The molecule has 3 fully saturated rings. The van der Waals surface area contributed by atoms with Gasteiger partial charge in [-0.15, -0.1) is 0 Å². The predicted octanol–water partition coefficient (Wildman–Crippen LogP) is 3.74. The van der Waals surface area contributed by atoms with E-state index in [2.05, 4.69) is 19.9 Å². The fourth-order valence-electron chi connectivity index (χ4n) is 6.55. The van der Waals surface area contributed by atoms with Gasteiger partial charge >= 0.3 is 0 Å². The van der Waals surface area contributed by atoms with Crippen LogP contribution in [0.25, 0.3) is 0 Å². The van der Waals surface area contributed by atoms with Crippen molar-refractivity contribution in [2.75, 3.05) is 13.7 Å². The van der Waals surface area contributed by atoms with Crippen LogP contribution < -0.4 is 0 Å². The van der Waals surface area contributed by atoms with Crippen LogP contribution in [0.3, 0.4) is 0 Å². The summed E-state index contributed by atoms with van der Waals surface area (Å²) < 4.78 is 5.50. The molecule has 6 atom stereocenters. The maximum atomic E-state index is 12.5. The van der Waals surface area contributed by atoms with Crippen molar-refractivity contribution in [3.8, 4) is 0 Å². The van der Waals surface area contributed by atoms with E-state index in [-0.39, 0.29) is 16.6 Å². The first-order valence-corrected chi connectivity index (χ1v) is 9.37. The predicted molar refractivity (Wildman–Crippen MR) is 92.4 cm³/mol. The first-order chi connectivity index (χ1) is 11.4. The highest BCUT2D eigenvalue weighted by atomic mass is 16.5. The van der Waals surface area contributed by atoms with Crippen LogP contribution in [-0.4, -0.2) is 25.3 Å². The molecular weight excluding hydrogens is 300 g/mol. The van der Waals surface area contributed by atoms with Crippen molar-refractivity contribution in [3.63, 3.8) is 0 Å². The number of ketones is 2. The zero-order chi connectivity index (χ0) is 17.1. The van der Waals surface area contributed by atoms with E-state index in [1.165, 1.54) is 5.57 Å². The van der Waals surface area contributed by atoms with Gasteiger partial charge in [0.05, 0.1) is 6.61 Å². The average Bonchev–Trinajstić information content (AvgIpc) is 2.85. The number of carbonyl (C=O) groups is 2. The van der Waals surface area contributed by atoms with E-state index in [0.717, 1.165) is 32.1 Å². The largest absolute Gasteiger partial charge is 0.384 e. The number of fused-ring (bicyclic) bond motifs is 5. The minimum atomic E-state index is -0.107. The number of hydrogen-bond acceptors (Lipinski definition) is 3. The Bertz CT molecular complexity index is 645. The number of Topliss-reactive ketones (excluding diaryl/α,β-unsaturated/α-hetero) is 1. The maximum absolute atomic E-state index is 12.5. The quantitative estimate of drug-likeness (QED) is 0.775. The van der Waals surface area contributed by atoms with Gasteiger partial charge in [-0.2, -0.15) is 0 Å². The summed E-state index contributed by atoms with van der Waals surface area (Å²) in [5, 5.41) is 0. The summed E-state index contributed by atoms with van der Waals surface area (Å²) in [5.74, 6) is 2.51. The molecule has 0 spiro atoms. The molecular formula is C21H28O3. The van der Waals surface area contributed by atoms with E-state index < -0.39 is 0 Å². The molecule has 3 unspecified atom stereocenters. The number of methoxy groups -OCH3 is 1. The lowest BCUT2D eigenvalue weighted by Crippen LogP contribution is -2.52. The number of carbonyl (C=O) groups excluding carboxylic acids is 2. The molecule has 3 nitrogen and oxygen atoms in total. The fourth-order valence-corrected chi connectivity index (χ4v) is 6.55. The van der Waals surface area contributed by atoms with Crippen LogP contribution in [0, 0.1) is 34.5 Å². The van der Waals surface area contributed by atoms with Crippen LogP contribution >= 0.6 is 0 Å². The Balaban J connectivity index is 1.75. The summed E-state index contributed by atoms with van der Waals surface area (Å²) in [6.07, 6.45) is 10.8. The summed E-state index contributed by atoms with van der Waals surface area (Å²) >= 11 is 0. The van der Waals surface area contributed by atoms with Gasteiger partial charge in [-0.25, -0.2) is 0 Å². The van der Waals surface area contributed by atoms with Crippen LogP contribution in [0.15, 0.2) is 23.8 Å². The average molecular weight is 328 g/mol. The number of ether oxygens (including phenoxy) is 1. The minimum absolute atomic E-state index is 0.0486. The van der Waals surface area contributed by atoms with Gasteiger partial charge in [-0.05, 0) is 55.6 Å². The third kappa shape index (κ3) is 2.06. The Morgan fingerprint density at radius 2 is 2.00 bits per heavy atom. The molecule has 0 amide bonds. The highest BCUT2D eigenvalue weighted by molar-refractivity contribution is 6.01. The van der Waals surface area contributed by atoms with E-state index >= 15 is 0 Å². The van der Waals surface area contributed by atoms with Crippen LogP contribution in [0.1, 0.15) is 46.0 Å². The van der Waals surface area contributed by atoms with Crippen LogP contribution in [0.2, 0.25) is 0 Å². The van der Waals surface area contributed by atoms with E-state index in [0.29, 0.717) is 36.1 Å². The van der Waals surface area contributed by atoms with Crippen molar-refractivity contribution in [3.05, 3.63) is 23.8 Å². The Morgan fingerprint density at radius 3 is 2.75 bits per heavy atom. The maximum Gasteiger partial charge on any atom is 0.178 e. The van der Waals surface area contributed by atoms with Gasteiger partial charge in [0.15, 0.2) is 5.78 Å². The molecule has 0 N–H and O–H groups in total. The second-order valence-electron chi connectivity index (χ2n) is 8.80. The van der Waals surface area contributed by atoms with Gasteiger partial charge in [-0.1, -0.05) is 25.5 Å². The Morgan fingerprint density at radius 1 is 1.21 bits per heavy atom. The lowest BCUT2D eigenvalue weighted by molar-refractivity contribution is -0.132. The standard InChI is InChI=1S/C21H28O3/c1-20-8-6-14(22)11-18(20)13(12-24-3)10-15-16-4-5-19(23)21(16,2)9-7-17(15)20/h6,8,11,13,15-17H,4-5,7,9-10,12H2,1-3H3/t13-,15?,16?,17?,20+,21-/m0/s1. The highest BCUT2D eigenvalue weighted by Crippen LogP contribution is 2.64. The third-order valence-corrected chi connectivity index (χ3v) is 7.79. The first kappa shape index (κ1) is 16.3. The smallest absolute Gasteiger partial charge is 0.178 e. The molecule has 0 aromatic carbocycles. The molecule has 4 aliphatic rings. The topological polar surface area (TPSA) is 43.4 Å². The number of rotatable bonds is 2. The summed E-state index contributed by atoms with van der Waals surface area (Å²) in [7, 11) is 1.74. The molecule has 0 saturated heterocycles. The summed E-state index contributed by atoms with van der Waals surface area (Å²) in [6.45, 7) is 5.19. The van der Waals surface area contributed by atoms with E-state index in [9.17, 15) is 9.59 Å². The summed E-state index contributed by atoms with van der Waals surface area (Å²) in [4.78, 5) is 24.5. The Labute approximate surface area is 144 Å². The Hall–Kier alpha value is -1.22. The van der Waals surface area contributed by atoms with Crippen molar-refractivity contribution >= 4 is 11.6 Å². The molecule has 0 bridgehead atoms. The van der Waals surface area contributed by atoms with Crippen LogP contribution in [-0.2, 0) is 14.3 Å². The molecule has 0 radical (unpaired) electrons. The molecule has 0 aromatic heterocycles. The SMILES string of the molecule is COC[C@@H]1CC2C(CC[C@]3(C)C(=O)CCC23)[C@@]2(C)C=CC(=O)C=C12. The van der Waals surface area contributed by atoms with Gasteiger partial charge in [0.2, 0.25) is 0 Å². The summed E-state index contributed by atoms with van der Waals surface area (Å²) in [6, 6.07) is 0. The molecule has 130 valence electrons. The molecule has 3 saturated carbocycles. The Kier molecular flexibility index (Phi) is 3.65. The van der Waals surface area contributed by atoms with Crippen LogP contribution in [0.4, 0.5) is 0 Å². The lowest BCUT2D eigenvalue weighted by atomic mass is 9.46. The van der Waals surface area contributed by atoms with Gasteiger partial charge in [0.25, 0.3) is 0 Å². The zero-order valence-electron chi connectivity index (χ0n) is 15.0. The van der Waals surface area contributed by atoms with Crippen molar-refractivity contribution < 1.29 is 14.3 Å². The van der Waals surface area contributed by atoms with E-state index in [1.54, 1.807) is 13.2 Å². The minimum Gasteiger partial charge on any atom is -0.384 e. The normalized spacial score (nSPS) is 47.0. The molecule has 0 aliphatic heterocycles. The van der Waals surface area contributed by atoms with Crippen molar-refractivity contribution in [2.24, 2.45) is 34.5 Å². The summed E-state index contributed by atoms with van der Waals surface area (Å²) in [5.41, 5.74) is 1.11. The third-order valence-electron chi connectivity index (χ3n) is 7.79. The molecule has 4 aliphatic carbocycles. The van der Waals surface area contributed by atoms with E-state index in [1.807, 2.05) is 6.08 Å². The van der Waals surface area contributed by atoms with Crippen molar-refractivity contribution in [2.45, 2.75) is 46.0 Å². The highest BCUT2D eigenvalue weighted by Gasteiger charge is 2.59. The monoisotopic (exact) mass is 328 g/mol. The fraction of sp³-hybridized carbons (Fsp3) is 0.714. The van der Waals surface area contributed by atoms with Gasteiger partial charge in [-0.3, -0.25) is 9.59 Å². The van der Waals surface area contributed by atoms with E-state index in [4.69, 9.17) is 4.74 Å². The van der Waals surface area contributed by atoms with Crippen molar-refractivity contribution in [1.82, 2.24) is 0 Å². The second kappa shape index (κ2) is 5.39. The lowest BCUT2D eigenvalue weighted by Gasteiger charge is -2.57. The first-order valence-electron chi connectivity index (χ1n) is 9.37. The molecule has 0 heterocycles. The van der Waals surface area contributed by atoms with Gasteiger partial charge in [0.1, 0.15) is 5.78 Å². The zero-order valence-corrected chi connectivity index (χ0v) is 15.0. The molecule has 0 aromatic rings. The molecule has 24 heavy (non-hydrogen) atoms. The number of allylic oxidation sites excluding steroid dienone is 3.